The Labute approximate surface area is 233 Å². The van der Waals surface area contributed by atoms with E-state index < -0.39 is 50.8 Å². The minimum Gasteiger partial charge on any atom is -0.497 e. The standard InChI is InChI=1S/C23H29N3O5S2.C2HF3O2/c1-23(2,3)26-19(27)12-18(33(26,29)30)17-11-15-9-10-25(20(22(24)28)21(15)32-17)13-14-5-7-16(31-4)8-6-14;3-2(4,5)1(6)7/h5-8,11,18,20H,9-10,12-13H2,1-4H3,(H2,24,28);(H,6,7). The number of carboxylic acid groups (broad SMARTS) is 1. The summed E-state index contributed by atoms with van der Waals surface area (Å²) in [5.74, 6) is -2.87. The van der Waals surface area contributed by atoms with E-state index in [1.807, 2.05) is 35.2 Å². The number of hydrogen-bond donors (Lipinski definition) is 2. The Hall–Kier alpha value is -3.17. The minimum absolute atomic E-state index is 0.0875. The molecule has 40 heavy (non-hydrogen) atoms. The number of benzene rings is 1. The second-order valence-corrected chi connectivity index (χ2v) is 13.4. The number of carbonyl (C=O) groups excluding carboxylic acids is 2. The van der Waals surface area contributed by atoms with Crippen LogP contribution in [0.2, 0.25) is 0 Å². The molecule has 2 aromatic rings. The highest BCUT2D eigenvalue weighted by Crippen LogP contribution is 2.46. The van der Waals surface area contributed by atoms with E-state index in [2.05, 4.69) is 0 Å². The van der Waals surface area contributed by atoms with Crippen LogP contribution >= 0.6 is 11.3 Å². The van der Waals surface area contributed by atoms with Crippen molar-refractivity contribution in [2.24, 2.45) is 5.73 Å². The van der Waals surface area contributed by atoms with Gasteiger partial charge in [0.05, 0.1) is 19.1 Å². The Balaban J connectivity index is 0.000000559. The zero-order chi connectivity index (χ0) is 30.2. The molecule has 1 saturated heterocycles. The maximum Gasteiger partial charge on any atom is 0.490 e. The molecule has 2 atom stereocenters. The van der Waals surface area contributed by atoms with Crippen molar-refractivity contribution in [3.8, 4) is 5.75 Å². The minimum atomic E-state index is -5.08. The molecule has 1 aromatic carbocycles. The highest BCUT2D eigenvalue weighted by molar-refractivity contribution is 7.90. The first kappa shape index (κ1) is 31.4. The van der Waals surface area contributed by atoms with E-state index in [9.17, 15) is 31.2 Å². The van der Waals surface area contributed by atoms with Gasteiger partial charge in [0.25, 0.3) is 0 Å². The summed E-state index contributed by atoms with van der Waals surface area (Å²) < 4.78 is 64.4. The number of sulfonamides is 1. The van der Waals surface area contributed by atoms with E-state index in [1.165, 1.54) is 11.3 Å². The van der Waals surface area contributed by atoms with Gasteiger partial charge in [-0.1, -0.05) is 12.1 Å². The highest BCUT2D eigenvalue weighted by Gasteiger charge is 2.51. The van der Waals surface area contributed by atoms with Gasteiger partial charge < -0.3 is 15.6 Å². The number of aliphatic carboxylic acids is 1. The first-order valence-electron chi connectivity index (χ1n) is 12.0. The number of ether oxygens (including phenoxy) is 1. The van der Waals surface area contributed by atoms with Crippen molar-refractivity contribution >= 4 is 39.1 Å². The van der Waals surface area contributed by atoms with Crippen LogP contribution in [0, 0.1) is 0 Å². The van der Waals surface area contributed by atoms with E-state index in [1.54, 1.807) is 27.9 Å². The number of methoxy groups -OCH3 is 1. The molecule has 10 nitrogen and oxygen atoms in total. The molecule has 0 saturated carbocycles. The van der Waals surface area contributed by atoms with Crippen LogP contribution in [0.1, 0.15) is 59.4 Å². The fourth-order valence-electron chi connectivity index (χ4n) is 4.67. The summed E-state index contributed by atoms with van der Waals surface area (Å²) in [6.45, 7) is 6.29. The summed E-state index contributed by atoms with van der Waals surface area (Å²) in [6.07, 6.45) is -4.49. The molecule has 220 valence electrons. The average Bonchev–Trinajstić information content (AvgIpc) is 3.35. The van der Waals surface area contributed by atoms with Gasteiger partial charge >= 0.3 is 12.1 Å². The Morgan fingerprint density at radius 2 is 1.75 bits per heavy atom. The number of halogens is 3. The molecule has 4 rings (SSSR count). The van der Waals surface area contributed by atoms with Crippen LogP contribution in [0.3, 0.4) is 0 Å². The molecule has 1 fully saturated rings. The first-order chi connectivity index (χ1) is 18.4. The summed E-state index contributed by atoms with van der Waals surface area (Å²) >= 11 is 1.29. The molecule has 3 N–H and O–H groups in total. The van der Waals surface area contributed by atoms with Gasteiger partial charge in [-0.2, -0.15) is 13.2 Å². The van der Waals surface area contributed by atoms with Crippen molar-refractivity contribution in [3.05, 3.63) is 51.2 Å². The predicted molar refractivity (Wildman–Crippen MR) is 140 cm³/mol. The zero-order valence-corrected chi connectivity index (χ0v) is 23.8. The number of nitrogens with two attached hydrogens (primary N) is 1. The molecule has 2 unspecified atom stereocenters. The highest BCUT2D eigenvalue weighted by atomic mass is 32.2. The number of thiophene rings is 1. The molecule has 0 aliphatic carbocycles. The fraction of sp³-hybridized carbons (Fsp3) is 0.480. The Kier molecular flexibility index (Phi) is 8.91. The van der Waals surface area contributed by atoms with Crippen molar-refractivity contribution in [2.75, 3.05) is 13.7 Å². The van der Waals surface area contributed by atoms with E-state index in [4.69, 9.17) is 20.4 Å². The number of primary amides is 1. The van der Waals surface area contributed by atoms with Crippen LogP contribution in [0.5, 0.6) is 5.75 Å². The lowest BCUT2D eigenvalue weighted by Crippen LogP contribution is -2.45. The van der Waals surface area contributed by atoms with Crippen molar-refractivity contribution in [1.82, 2.24) is 9.21 Å². The molecule has 0 bridgehead atoms. The van der Waals surface area contributed by atoms with Crippen molar-refractivity contribution in [2.45, 2.75) is 63.2 Å². The monoisotopic (exact) mass is 605 g/mol. The smallest absolute Gasteiger partial charge is 0.490 e. The number of carboxylic acids is 1. The maximum absolute atomic E-state index is 13.2. The van der Waals surface area contributed by atoms with Crippen LogP contribution in [0.25, 0.3) is 0 Å². The number of carbonyl (C=O) groups is 3. The number of rotatable bonds is 5. The SMILES string of the molecule is COc1ccc(CN2CCc3cc(C4CC(=O)N(C(C)(C)C)S4(=O)=O)sc3C2C(N)=O)cc1.O=C(O)C(F)(F)F. The number of amides is 2. The van der Waals surface area contributed by atoms with Gasteiger partial charge in [-0.3, -0.25) is 14.5 Å². The summed E-state index contributed by atoms with van der Waals surface area (Å²) in [4.78, 5) is 37.4. The van der Waals surface area contributed by atoms with E-state index >= 15 is 0 Å². The Morgan fingerprint density at radius 3 is 2.20 bits per heavy atom. The van der Waals surface area contributed by atoms with Crippen LogP contribution < -0.4 is 10.5 Å². The van der Waals surface area contributed by atoms with Gasteiger partial charge in [-0.05, 0) is 56.5 Å². The molecular formula is C25H30F3N3O7S2. The molecule has 2 amide bonds. The Morgan fingerprint density at radius 1 is 1.18 bits per heavy atom. The lowest BCUT2D eigenvalue weighted by Gasteiger charge is -2.33. The van der Waals surface area contributed by atoms with Crippen molar-refractivity contribution in [3.63, 3.8) is 0 Å². The van der Waals surface area contributed by atoms with Gasteiger partial charge in [-0.15, -0.1) is 11.3 Å². The normalized spacial score (nSPS) is 20.9. The number of alkyl halides is 3. The van der Waals surface area contributed by atoms with Gasteiger partial charge in [0, 0.05) is 22.8 Å². The lowest BCUT2D eigenvalue weighted by atomic mass is 9.99. The van der Waals surface area contributed by atoms with Crippen LogP contribution in [0.15, 0.2) is 30.3 Å². The third kappa shape index (κ3) is 6.58. The maximum atomic E-state index is 13.2. The summed E-state index contributed by atoms with van der Waals surface area (Å²) in [5.41, 5.74) is 6.94. The fourth-order valence-corrected chi connectivity index (χ4v) is 8.61. The summed E-state index contributed by atoms with van der Waals surface area (Å²) in [7, 11) is -2.23. The molecule has 15 heteroatoms. The second kappa shape index (κ2) is 11.4. The van der Waals surface area contributed by atoms with E-state index in [-0.39, 0.29) is 6.42 Å². The Bertz CT molecular complexity index is 1380. The van der Waals surface area contributed by atoms with Gasteiger partial charge in [0.1, 0.15) is 17.0 Å². The van der Waals surface area contributed by atoms with Gasteiger partial charge in [0.2, 0.25) is 21.8 Å². The van der Waals surface area contributed by atoms with E-state index in [0.717, 1.165) is 26.1 Å². The van der Waals surface area contributed by atoms with Crippen LogP contribution in [-0.4, -0.2) is 65.9 Å². The quantitative estimate of drug-likeness (QED) is 0.527. The molecule has 2 aliphatic heterocycles. The summed E-state index contributed by atoms with van der Waals surface area (Å²) in [5, 5.41) is 6.20. The third-order valence-corrected chi connectivity index (χ3v) is 10.2. The second-order valence-electron chi connectivity index (χ2n) is 10.3. The largest absolute Gasteiger partial charge is 0.497 e. The summed E-state index contributed by atoms with van der Waals surface area (Å²) in [6, 6.07) is 8.84. The topological polar surface area (TPSA) is 147 Å². The molecule has 1 aromatic heterocycles. The third-order valence-electron chi connectivity index (χ3n) is 6.33. The molecular weight excluding hydrogens is 575 g/mol. The van der Waals surface area contributed by atoms with Crippen LogP contribution in [0.4, 0.5) is 13.2 Å². The molecule has 3 heterocycles. The van der Waals surface area contributed by atoms with Crippen LogP contribution in [-0.2, 0) is 37.4 Å². The zero-order valence-electron chi connectivity index (χ0n) is 22.2. The van der Waals surface area contributed by atoms with E-state index in [0.29, 0.717) is 24.4 Å². The molecule has 0 spiro atoms. The number of hydrogen-bond acceptors (Lipinski definition) is 8. The van der Waals surface area contributed by atoms with Gasteiger partial charge in [-0.25, -0.2) is 17.5 Å². The van der Waals surface area contributed by atoms with Crippen molar-refractivity contribution < 1.29 is 45.8 Å². The lowest BCUT2D eigenvalue weighted by molar-refractivity contribution is -0.192. The van der Waals surface area contributed by atoms with Crippen molar-refractivity contribution in [1.29, 1.82) is 0 Å². The first-order valence-corrected chi connectivity index (χ1v) is 14.4. The number of nitrogens with zero attached hydrogens (tertiary/aromatic N) is 2. The van der Waals surface area contributed by atoms with Gasteiger partial charge in [0.15, 0.2) is 0 Å². The molecule has 0 radical (unpaired) electrons. The molecule has 2 aliphatic rings. The predicted octanol–water partition coefficient (Wildman–Crippen LogP) is 3.38. The average molecular weight is 606 g/mol. The number of fused-ring (bicyclic) bond motifs is 1.